The van der Waals surface area contributed by atoms with E-state index in [0.717, 1.165) is 4.90 Å². The van der Waals surface area contributed by atoms with Gasteiger partial charge in [0.15, 0.2) is 5.78 Å². The fourth-order valence-electron chi connectivity index (χ4n) is 5.28. The van der Waals surface area contributed by atoms with Gasteiger partial charge in [0, 0.05) is 42.8 Å². The maximum Gasteiger partial charge on any atom is 0.522 e. The van der Waals surface area contributed by atoms with E-state index in [1.54, 1.807) is 20.8 Å². The fourth-order valence-corrected chi connectivity index (χ4v) is 5.28. The summed E-state index contributed by atoms with van der Waals surface area (Å²) in [6.45, 7) is 3.37. The van der Waals surface area contributed by atoms with Crippen molar-refractivity contribution in [2.45, 2.75) is 82.8 Å². The quantitative estimate of drug-likeness (QED) is 0.318. The molecule has 214 valence electrons. The average Bonchev–Trinajstić information content (AvgIpc) is 3.32. The van der Waals surface area contributed by atoms with Crippen LogP contribution in [-0.4, -0.2) is 83.9 Å². The summed E-state index contributed by atoms with van der Waals surface area (Å²) in [4.78, 5) is 64.2. The molecule has 3 N–H and O–H groups in total. The third-order valence-corrected chi connectivity index (χ3v) is 6.79. The van der Waals surface area contributed by atoms with E-state index in [0.29, 0.717) is 0 Å². The molecule has 4 amide bonds. The van der Waals surface area contributed by atoms with Crippen LogP contribution in [0.25, 0.3) is 0 Å². The monoisotopic (exact) mass is 554 g/mol. The molecule has 10 nitrogen and oxygen atoms in total. The Kier molecular flexibility index (Phi) is 8.11. The molecule has 38 heavy (non-hydrogen) atoms. The van der Waals surface area contributed by atoms with Crippen LogP contribution in [0.3, 0.4) is 0 Å². The van der Waals surface area contributed by atoms with Crippen LogP contribution in [0.2, 0.25) is 0 Å². The molecule has 0 aromatic rings. The standard InChI is InChI=1S/C23H31F5N4O6/c1-20(2,3)31-18(36)19(37)32-11-21(9-22(24,25)10-21)7-14(32)17(35)30-13(6-12-4-5-29-16(12)34)15(33)8-38-23(26,27)28/h12-14H,4-11H2,1-3H3,(H,29,34)(H,30,35)(H,31,36)/t12-,13-,14?/m0/s1. The SMILES string of the molecule is CC(C)(C)NC(=O)C(=O)N1CC2(CC1C(=O)N[C@@H](C[C@@H]1CCNC1=O)C(=O)COC(F)(F)F)CC(F)(F)C2. The molecule has 1 saturated carbocycles. The lowest BCUT2D eigenvalue weighted by atomic mass is 9.65. The largest absolute Gasteiger partial charge is 0.522 e. The Morgan fingerprint density at radius 2 is 1.79 bits per heavy atom. The number of ketones is 1. The molecule has 1 spiro atoms. The van der Waals surface area contributed by atoms with Crippen LogP contribution >= 0.6 is 0 Å². The van der Waals surface area contributed by atoms with E-state index >= 15 is 0 Å². The van der Waals surface area contributed by atoms with E-state index in [9.17, 15) is 45.9 Å². The van der Waals surface area contributed by atoms with Gasteiger partial charge in [0.25, 0.3) is 0 Å². The van der Waals surface area contributed by atoms with Crippen LogP contribution in [0.5, 0.6) is 0 Å². The summed E-state index contributed by atoms with van der Waals surface area (Å²) < 4.78 is 68.6. The topological polar surface area (TPSA) is 134 Å². The number of nitrogens with one attached hydrogen (secondary N) is 3. The lowest BCUT2D eigenvalue weighted by molar-refractivity contribution is -0.321. The Balaban J connectivity index is 1.80. The van der Waals surface area contributed by atoms with E-state index in [4.69, 9.17) is 0 Å². The number of rotatable bonds is 7. The summed E-state index contributed by atoms with van der Waals surface area (Å²) in [6, 6.07) is -3.01. The van der Waals surface area contributed by atoms with Crippen LogP contribution < -0.4 is 16.0 Å². The maximum absolute atomic E-state index is 13.8. The number of nitrogens with zero attached hydrogens (tertiary/aromatic N) is 1. The molecule has 2 saturated heterocycles. The van der Waals surface area contributed by atoms with Gasteiger partial charge in [-0.25, -0.2) is 8.78 Å². The summed E-state index contributed by atoms with van der Waals surface area (Å²) >= 11 is 0. The molecule has 1 unspecified atom stereocenters. The van der Waals surface area contributed by atoms with E-state index in [-0.39, 0.29) is 32.4 Å². The molecule has 0 aromatic heterocycles. The van der Waals surface area contributed by atoms with Crippen molar-refractivity contribution in [2.75, 3.05) is 19.7 Å². The van der Waals surface area contributed by atoms with E-state index in [1.807, 2.05) is 0 Å². The fraction of sp³-hybridized carbons (Fsp3) is 0.783. The number of hydrogen-bond acceptors (Lipinski definition) is 6. The van der Waals surface area contributed by atoms with Crippen molar-refractivity contribution in [3.05, 3.63) is 0 Å². The molecule has 0 bridgehead atoms. The number of carbonyl (C=O) groups excluding carboxylic acids is 5. The first-order chi connectivity index (χ1) is 17.3. The Bertz CT molecular complexity index is 988. The number of amides is 4. The summed E-state index contributed by atoms with van der Waals surface area (Å²) in [5, 5.41) is 7.26. The lowest BCUT2D eigenvalue weighted by Gasteiger charge is -2.44. The minimum Gasteiger partial charge on any atom is -0.356 e. The minimum absolute atomic E-state index is 0.229. The minimum atomic E-state index is -5.12. The molecular formula is C23H31F5N4O6. The van der Waals surface area contributed by atoms with Crippen LogP contribution in [-0.2, 0) is 28.7 Å². The second-order valence-corrected chi connectivity index (χ2v) is 11.3. The number of alkyl halides is 5. The molecule has 3 rings (SSSR count). The molecule has 1 aliphatic carbocycles. The molecule has 15 heteroatoms. The molecule has 2 heterocycles. The van der Waals surface area contributed by atoms with Crippen LogP contribution in [0.4, 0.5) is 22.0 Å². The van der Waals surface area contributed by atoms with Gasteiger partial charge in [0.05, 0.1) is 6.04 Å². The molecule has 0 aromatic carbocycles. The summed E-state index contributed by atoms with van der Waals surface area (Å²) in [7, 11) is 0. The predicted octanol–water partition coefficient (Wildman–Crippen LogP) is 1.03. The van der Waals surface area contributed by atoms with Crippen LogP contribution in [0, 0.1) is 11.3 Å². The van der Waals surface area contributed by atoms with Crippen molar-refractivity contribution in [3.63, 3.8) is 0 Å². The first-order valence-electron chi connectivity index (χ1n) is 12.1. The Labute approximate surface area is 215 Å². The lowest BCUT2D eigenvalue weighted by Crippen LogP contribution is -2.56. The van der Waals surface area contributed by atoms with Crippen molar-refractivity contribution < 1.29 is 50.7 Å². The molecular weight excluding hydrogens is 523 g/mol. The number of halogens is 5. The normalized spacial score (nSPS) is 24.9. The first kappa shape index (κ1) is 29.7. The van der Waals surface area contributed by atoms with Crippen molar-refractivity contribution in [3.8, 4) is 0 Å². The first-order valence-corrected chi connectivity index (χ1v) is 12.1. The average molecular weight is 555 g/mol. The molecule has 0 radical (unpaired) electrons. The van der Waals surface area contributed by atoms with Gasteiger partial charge in [-0.3, -0.25) is 28.7 Å². The van der Waals surface area contributed by atoms with Gasteiger partial charge in [0.1, 0.15) is 12.6 Å². The molecule has 3 fully saturated rings. The van der Waals surface area contributed by atoms with Crippen molar-refractivity contribution >= 4 is 29.4 Å². The van der Waals surface area contributed by atoms with Gasteiger partial charge < -0.3 is 20.9 Å². The van der Waals surface area contributed by atoms with Gasteiger partial charge in [0.2, 0.25) is 17.7 Å². The third kappa shape index (κ3) is 7.38. The van der Waals surface area contributed by atoms with Crippen molar-refractivity contribution in [1.82, 2.24) is 20.9 Å². The van der Waals surface area contributed by atoms with E-state index in [1.165, 1.54) is 0 Å². The van der Waals surface area contributed by atoms with Crippen molar-refractivity contribution in [2.24, 2.45) is 11.3 Å². The Hall–Kier alpha value is -2.84. The number of ether oxygens (including phenoxy) is 1. The van der Waals surface area contributed by atoms with Gasteiger partial charge in [-0.2, -0.15) is 0 Å². The highest BCUT2D eigenvalue weighted by atomic mass is 19.4. The Morgan fingerprint density at radius 3 is 2.29 bits per heavy atom. The Morgan fingerprint density at radius 1 is 1.16 bits per heavy atom. The van der Waals surface area contributed by atoms with E-state index in [2.05, 4.69) is 20.7 Å². The van der Waals surface area contributed by atoms with Crippen LogP contribution in [0.15, 0.2) is 0 Å². The third-order valence-electron chi connectivity index (χ3n) is 6.79. The highest BCUT2D eigenvalue weighted by Crippen LogP contribution is 2.58. The van der Waals surface area contributed by atoms with Gasteiger partial charge in [-0.05, 0) is 40.0 Å². The van der Waals surface area contributed by atoms with Gasteiger partial charge in [-0.1, -0.05) is 0 Å². The zero-order chi connectivity index (χ0) is 28.7. The molecule has 3 atom stereocenters. The number of likely N-dealkylation sites (tertiary alicyclic amines) is 1. The zero-order valence-electron chi connectivity index (χ0n) is 21.2. The number of hydrogen-bond donors (Lipinski definition) is 3. The van der Waals surface area contributed by atoms with Crippen LogP contribution in [0.1, 0.15) is 52.9 Å². The molecule has 2 aliphatic heterocycles. The summed E-state index contributed by atoms with van der Waals surface area (Å²) in [5.74, 6) is -8.58. The predicted molar refractivity (Wildman–Crippen MR) is 119 cm³/mol. The summed E-state index contributed by atoms with van der Waals surface area (Å²) in [5.41, 5.74) is -1.95. The molecule has 3 aliphatic rings. The maximum atomic E-state index is 13.8. The highest BCUT2D eigenvalue weighted by Gasteiger charge is 2.63. The second-order valence-electron chi connectivity index (χ2n) is 11.3. The summed E-state index contributed by atoms with van der Waals surface area (Å²) in [6.07, 6.45) is -6.63. The number of carbonyl (C=O) groups is 5. The highest BCUT2D eigenvalue weighted by molar-refractivity contribution is 6.35. The smallest absolute Gasteiger partial charge is 0.356 e. The number of Topliss-reactive ketones (excluding diaryl/α,β-unsaturated/α-hetero) is 1. The zero-order valence-corrected chi connectivity index (χ0v) is 21.2. The second kappa shape index (κ2) is 10.4. The van der Waals surface area contributed by atoms with Gasteiger partial charge in [-0.15, -0.1) is 13.2 Å². The van der Waals surface area contributed by atoms with Crippen molar-refractivity contribution in [1.29, 1.82) is 0 Å². The van der Waals surface area contributed by atoms with Gasteiger partial charge >= 0.3 is 18.2 Å². The van der Waals surface area contributed by atoms with E-state index < -0.39 is 90.1 Å².